The number of benzene rings is 1. The number of hydrogen-bond acceptors (Lipinski definition) is 2. The van der Waals surface area contributed by atoms with Crippen molar-refractivity contribution >= 4 is 11.6 Å². The maximum Gasteiger partial charge on any atom is 0.243 e. The average molecular weight is 232 g/mol. The van der Waals surface area contributed by atoms with E-state index in [1.54, 1.807) is 0 Å². The molecule has 1 fully saturated rings. The van der Waals surface area contributed by atoms with Gasteiger partial charge in [0.2, 0.25) is 5.91 Å². The quantitative estimate of drug-likeness (QED) is 0.837. The summed E-state index contributed by atoms with van der Waals surface area (Å²) in [5, 5.41) is 3.32. The van der Waals surface area contributed by atoms with Gasteiger partial charge in [0.05, 0.1) is 0 Å². The number of rotatable bonds is 4. The first kappa shape index (κ1) is 12.0. The highest BCUT2D eigenvalue weighted by atomic mass is 16.1. The molecule has 1 unspecified atom stereocenters. The van der Waals surface area contributed by atoms with Gasteiger partial charge in [-0.1, -0.05) is 19.1 Å². The number of carbonyl (C=O) groups is 1. The van der Waals surface area contributed by atoms with Gasteiger partial charge in [-0.2, -0.15) is 0 Å². The Bertz CT molecular complexity index is 451. The highest BCUT2D eigenvalue weighted by Crippen LogP contribution is 2.54. The zero-order valence-corrected chi connectivity index (χ0v) is 10.7. The summed E-state index contributed by atoms with van der Waals surface area (Å²) in [6, 6.07) is 8.02. The minimum Gasteiger partial charge on any atom is -0.371 e. The van der Waals surface area contributed by atoms with Crippen molar-refractivity contribution in [1.82, 2.24) is 0 Å². The fraction of sp³-hybridized carbons (Fsp3) is 0.500. The van der Waals surface area contributed by atoms with Crippen molar-refractivity contribution in [2.75, 3.05) is 5.32 Å². The van der Waals surface area contributed by atoms with Crippen molar-refractivity contribution in [3.05, 3.63) is 29.8 Å². The fourth-order valence-corrected chi connectivity index (χ4v) is 2.21. The molecule has 0 aromatic heterocycles. The van der Waals surface area contributed by atoms with Crippen molar-refractivity contribution in [2.45, 2.75) is 39.2 Å². The molecule has 0 aliphatic heterocycles. The molecule has 3 N–H and O–H groups in total. The van der Waals surface area contributed by atoms with Gasteiger partial charge < -0.3 is 11.1 Å². The molecule has 2 rings (SSSR count). The number of primary amides is 1. The van der Waals surface area contributed by atoms with Gasteiger partial charge in [-0.15, -0.1) is 0 Å². The number of amides is 1. The summed E-state index contributed by atoms with van der Waals surface area (Å²) in [5.74, 6) is -0.279. The Morgan fingerprint density at radius 2 is 2.12 bits per heavy atom. The van der Waals surface area contributed by atoms with E-state index >= 15 is 0 Å². The topological polar surface area (TPSA) is 55.1 Å². The van der Waals surface area contributed by atoms with E-state index in [2.05, 4.69) is 12.2 Å². The number of carbonyl (C=O) groups excluding carboxylic acids is 1. The first-order valence-electron chi connectivity index (χ1n) is 6.02. The maximum absolute atomic E-state index is 11.8. The summed E-state index contributed by atoms with van der Waals surface area (Å²) >= 11 is 0. The molecule has 0 radical (unpaired) electrons. The predicted molar refractivity (Wildman–Crippen MR) is 69.7 cm³/mol. The third-order valence-electron chi connectivity index (χ3n) is 4.11. The molecule has 0 bridgehead atoms. The highest BCUT2D eigenvalue weighted by molar-refractivity contribution is 5.89. The van der Waals surface area contributed by atoms with Crippen LogP contribution < -0.4 is 11.1 Å². The first-order valence-corrected chi connectivity index (χ1v) is 6.02. The van der Waals surface area contributed by atoms with E-state index in [0.717, 1.165) is 18.5 Å². The lowest BCUT2D eigenvalue weighted by Gasteiger charge is -2.35. The molecule has 0 saturated heterocycles. The van der Waals surface area contributed by atoms with Crippen LogP contribution in [0.1, 0.15) is 32.3 Å². The molecule has 17 heavy (non-hydrogen) atoms. The molecule has 3 heteroatoms. The molecular weight excluding hydrogens is 212 g/mol. The van der Waals surface area contributed by atoms with Crippen LogP contribution in [0.5, 0.6) is 0 Å². The Kier molecular flexibility index (Phi) is 2.64. The van der Waals surface area contributed by atoms with Gasteiger partial charge in [0, 0.05) is 5.69 Å². The van der Waals surface area contributed by atoms with Crippen LogP contribution >= 0.6 is 0 Å². The molecular formula is C14H20N2O. The molecule has 1 atom stereocenters. The fourth-order valence-electron chi connectivity index (χ4n) is 2.21. The Hall–Kier alpha value is -1.51. The predicted octanol–water partition coefficient (Wildman–Crippen LogP) is 2.45. The molecule has 92 valence electrons. The molecule has 1 aliphatic carbocycles. The lowest BCUT2D eigenvalue weighted by molar-refractivity contribution is -0.123. The number of hydrogen-bond donors (Lipinski definition) is 2. The van der Waals surface area contributed by atoms with E-state index in [1.807, 2.05) is 38.1 Å². The smallest absolute Gasteiger partial charge is 0.243 e. The summed E-state index contributed by atoms with van der Waals surface area (Å²) in [4.78, 5) is 11.8. The molecule has 1 amide bonds. The Morgan fingerprint density at radius 1 is 1.47 bits per heavy atom. The Labute approximate surface area is 102 Å². The van der Waals surface area contributed by atoms with Crippen molar-refractivity contribution in [2.24, 2.45) is 11.1 Å². The van der Waals surface area contributed by atoms with Gasteiger partial charge in [-0.3, -0.25) is 4.79 Å². The first-order chi connectivity index (χ1) is 7.87. The van der Waals surface area contributed by atoms with Crippen molar-refractivity contribution in [1.29, 1.82) is 0 Å². The standard InChI is InChI=1S/C14H20N2O/c1-10-5-4-6-11(9-10)16-14(3,12(15)17)13(2)7-8-13/h4-6,9,16H,7-8H2,1-3H3,(H2,15,17). The lowest BCUT2D eigenvalue weighted by atomic mass is 9.82. The van der Waals surface area contributed by atoms with Crippen LogP contribution in [0.3, 0.4) is 0 Å². The molecule has 3 nitrogen and oxygen atoms in total. The Balaban J connectivity index is 2.28. The van der Waals surface area contributed by atoms with Crippen LogP contribution in [0.2, 0.25) is 0 Å². The normalized spacial score (nSPS) is 20.4. The van der Waals surface area contributed by atoms with Crippen LogP contribution in [0.4, 0.5) is 5.69 Å². The van der Waals surface area contributed by atoms with E-state index in [9.17, 15) is 4.79 Å². The monoisotopic (exact) mass is 232 g/mol. The second-order valence-electron chi connectivity index (χ2n) is 5.54. The second kappa shape index (κ2) is 3.76. The van der Waals surface area contributed by atoms with Gasteiger partial charge in [0.25, 0.3) is 0 Å². The summed E-state index contributed by atoms with van der Waals surface area (Å²) in [6.45, 7) is 6.05. The maximum atomic E-state index is 11.8. The van der Waals surface area contributed by atoms with E-state index in [0.29, 0.717) is 0 Å². The number of nitrogens with two attached hydrogens (primary N) is 1. The SMILES string of the molecule is Cc1cccc(NC(C)(C(N)=O)C2(C)CC2)c1. The third-order valence-corrected chi connectivity index (χ3v) is 4.11. The number of anilines is 1. The third kappa shape index (κ3) is 2.02. The highest BCUT2D eigenvalue weighted by Gasteiger charge is 2.56. The molecule has 1 aliphatic rings. The van der Waals surface area contributed by atoms with Crippen LogP contribution in [0.15, 0.2) is 24.3 Å². The molecule has 0 spiro atoms. The minimum absolute atomic E-state index is 0.0113. The van der Waals surface area contributed by atoms with E-state index in [1.165, 1.54) is 5.56 Å². The van der Waals surface area contributed by atoms with E-state index < -0.39 is 5.54 Å². The van der Waals surface area contributed by atoms with Crippen LogP contribution in [-0.4, -0.2) is 11.4 Å². The van der Waals surface area contributed by atoms with Crippen LogP contribution in [-0.2, 0) is 4.79 Å². The van der Waals surface area contributed by atoms with Crippen LogP contribution in [0.25, 0.3) is 0 Å². The van der Waals surface area contributed by atoms with Gasteiger partial charge >= 0.3 is 0 Å². The number of aryl methyl sites for hydroxylation is 1. The number of nitrogens with one attached hydrogen (secondary N) is 1. The van der Waals surface area contributed by atoms with Gasteiger partial charge in [-0.05, 0) is 49.8 Å². The summed E-state index contributed by atoms with van der Waals surface area (Å²) < 4.78 is 0. The summed E-state index contributed by atoms with van der Waals surface area (Å²) in [6.07, 6.45) is 2.09. The van der Waals surface area contributed by atoms with Gasteiger partial charge in [0.1, 0.15) is 5.54 Å². The zero-order valence-electron chi connectivity index (χ0n) is 10.7. The Morgan fingerprint density at radius 3 is 2.59 bits per heavy atom. The molecule has 1 saturated carbocycles. The zero-order chi connectivity index (χ0) is 12.7. The van der Waals surface area contributed by atoms with Crippen molar-refractivity contribution < 1.29 is 4.79 Å². The van der Waals surface area contributed by atoms with E-state index in [4.69, 9.17) is 5.73 Å². The summed E-state index contributed by atoms with van der Waals surface area (Å²) in [7, 11) is 0. The van der Waals surface area contributed by atoms with Crippen molar-refractivity contribution in [3.63, 3.8) is 0 Å². The van der Waals surface area contributed by atoms with Gasteiger partial charge in [-0.25, -0.2) is 0 Å². The van der Waals surface area contributed by atoms with Crippen molar-refractivity contribution in [3.8, 4) is 0 Å². The second-order valence-corrected chi connectivity index (χ2v) is 5.54. The van der Waals surface area contributed by atoms with Gasteiger partial charge in [0.15, 0.2) is 0 Å². The summed E-state index contributed by atoms with van der Waals surface area (Å²) in [5.41, 5.74) is 7.03. The average Bonchev–Trinajstić information content (AvgIpc) is 2.97. The van der Waals surface area contributed by atoms with E-state index in [-0.39, 0.29) is 11.3 Å². The lowest BCUT2D eigenvalue weighted by Crippen LogP contribution is -2.54. The molecule has 1 aromatic rings. The molecule has 0 heterocycles. The largest absolute Gasteiger partial charge is 0.371 e. The van der Waals surface area contributed by atoms with Crippen LogP contribution in [0, 0.1) is 12.3 Å². The minimum atomic E-state index is -0.666. The molecule has 1 aromatic carbocycles.